The Kier molecular flexibility index (Phi) is 8.04. The molecule has 4 aromatic rings. The van der Waals surface area contributed by atoms with Crippen LogP contribution in [0.15, 0.2) is 97.1 Å². The molecule has 0 spiro atoms. The summed E-state index contributed by atoms with van der Waals surface area (Å²) >= 11 is 2.17. The van der Waals surface area contributed by atoms with Gasteiger partial charge in [-0.05, 0) is 71.5 Å². The zero-order valence-electron chi connectivity index (χ0n) is 18.7. The van der Waals surface area contributed by atoms with Crippen LogP contribution in [0.5, 0.6) is 23.0 Å². The molecule has 0 unspecified atom stereocenters. The predicted molar refractivity (Wildman–Crippen MR) is 142 cm³/mol. The van der Waals surface area contributed by atoms with Crippen molar-refractivity contribution in [2.45, 2.75) is 13.5 Å². The van der Waals surface area contributed by atoms with E-state index in [0.717, 1.165) is 9.13 Å². The van der Waals surface area contributed by atoms with Crippen molar-refractivity contribution in [1.29, 1.82) is 0 Å². The monoisotopic (exact) mass is 565 g/mol. The fourth-order valence-electron chi connectivity index (χ4n) is 3.30. The molecule has 0 atom stereocenters. The molecule has 0 bridgehead atoms. The van der Waals surface area contributed by atoms with E-state index < -0.39 is 0 Å². The second kappa shape index (κ2) is 11.6. The highest BCUT2D eigenvalue weighted by Crippen LogP contribution is 2.36. The quantitative estimate of drug-likeness (QED) is 0.216. The summed E-state index contributed by atoms with van der Waals surface area (Å²) in [5.41, 5.74) is 2.10. The third-order valence-corrected chi connectivity index (χ3v) is 5.71. The lowest BCUT2D eigenvalue weighted by molar-refractivity contribution is 0.102. The molecule has 0 aromatic heterocycles. The minimum Gasteiger partial charge on any atom is -0.490 e. The number of carbonyl (C=O) groups excluding carboxylic acids is 1. The molecule has 4 aromatic carbocycles. The highest BCUT2D eigenvalue weighted by atomic mass is 127. The van der Waals surface area contributed by atoms with Gasteiger partial charge in [0, 0.05) is 5.56 Å². The van der Waals surface area contributed by atoms with Crippen LogP contribution in [0.3, 0.4) is 0 Å². The van der Waals surface area contributed by atoms with E-state index in [1.807, 2.05) is 91.9 Å². The van der Waals surface area contributed by atoms with Crippen molar-refractivity contribution in [2.75, 3.05) is 11.9 Å². The smallest absolute Gasteiger partial charge is 0.255 e. The number of hydrogen-bond acceptors (Lipinski definition) is 4. The average Bonchev–Trinajstić information content (AvgIpc) is 2.86. The Morgan fingerprint density at radius 2 is 1.50 bits per heavy atom. The van der Waals surface area contributed by atoms with E-state index in [-0.39, 0.29) is 5.91 Å². The Morgan fingerprint density at radius 3 is 2.24 bits per heavy atom. The van der Waals surface area contributed by atoms with Gasteiger partial charge in [0.15, 0.2) is 17.2 Å². The summed E-state index contributed by atoms with van der Waals surface area (Å²) in [6, 6.07) is 30.2. The molecule has 34 heavy (non-hydrogen) atoms. The normalized spacial score (nSPS) is 10.4. The summed E-state index contributed by atoms with van der Waals surface area (Å²) in [5, 5.41) is 2.96. The number of para-hydroxylation sites is 3. The van der Waals surface area contributed by atoms with E-state index in [2.05, 4.69) is 27.9 Å². The van der Waals surface area contributed by atoms with Crippen molar-refractivity contribution in [1.82, 2.24) is 0 Å². The molecule has 0 aliphatic rings. The first-order valence-electron chi connectivity index (χ1n) is 10.9. The van der Waals surface area contributed by atoms with E-state index in [1.165, 1.54) is 0 Å². The maximum Gasteiger partial charge on any atom is 0.255 e. The van der Waals surface area contributed by atoms with Gasteiger partial charge in [-0.3, -0.25) is 4.79 Å². The third-order valence-electron chi connectivity index (χ3n) is 4.90. The topological polar surface area (TPSA) is 56.8 Å². The molecule has 1 N–H and O–H groups in total. The van der Waals surface area contributed by atoms with Crippen LogP contribution >= 0.6 is 22.6 Å². The van der Waals surface area contributed by atoms with Gasteiger partial charge in [0.2, 0.25) is 0 Å². The molecule has 0 saturated heterocycles. The molecule has 5 nitrogen and oxygen atoms in total. The van der Waals surface area contributed by atoms with Crippen LogP contribution in [0.1, 0.15) is 22.8 Å². The zero-order valence-corrected chi connectivity index (χ0v) is 20.8. The SMILES string of the molecule is CCOc1cc(C(=O)Nc2ccccc2Oc2ccccc2)cc(I)c1OCc1ccccc1. The molecule has 1 amide bonds. The maximum absolute atomic E-state index is 13.2. The summed E-state index contributed by atoms with van der Waals surface area (Å²) in [6.07, 6.45) is 0. The van der Waals surface area contributed by atoms with Crippen LogP contribution in [0, 0.1) is 3.57 Å². The maximum atomic E-state index is 13.2. The molecule has 0 aliphatic carbocycles. The molecular weight excluding hydrogens is 541 g/mol. The number of rotatable bonds is 9. The predicted octanol–water partition coefficient (Wildman–Crippen LogP) is 7.31. The average molecular weight is 565 g/mol. The van der Waals surface area contributed by atoms with Crippen LogP contribution in [-0.4, -0.2) is 12.5 Å². The second-order valence-corrected chi connectivity index (χ2v) is 8.52. The number of benzene rings is 4. The van der Waals surface area contributed by atoms with Crippen molar-refractivity contribution in [3.8, 4) is 23.0 Å². The standard InChI is InChI=1S/C28H24INO4/c1-2-32-26-18-21(17-23(29)27(26)33-19-20-11-5-3-6-12-20)28(31)30-24-15-9-10-16-25(24)34-22-13-7-4-8-14-22/h3-18H,2,19H2,1H3,(H,30,31). The van der Waals surface area contributed by atoms with Crippen LogP contribution in [0.25, 0.3) is 0 Å². The Bertz CT molecular complexity index is 1250. The fraction of sp³-hybridized carbons (Fsp3) is 0.107. The van der Waals surface area contributed by atoms with E-state index in [4.69, 9.17) is 14.2 Å². The van der Waals surface area contributed by atoms with Crippen molar-refractivity contribution < 1.29 is 19.0 Å². The van der Waals surface area contributed by atoms with Crippen molar-refractivity contribution in [3.63, 3.8) is 0 Å². The lowest BCUT2D eigenvalue weighted by atomic mass is 10.1. The number of anilines is 1. The molecule has 0 saturated carbocycles. The molecule has 172 valence electrons. The Balaban J connectivity index is 1.54. The molecule has 4 rings (SSSR count). The number of halogens is 1. The Hall–Kier alpha value is -3.52. The van der Waals surface area contributed by atoms with Gasteiger partial charge < -0.3 is 19.5 Å². The fourth-order valence-corrected chi connectivity index (χ4v) is 4.06. The minimum atomic E-state index is -0.266. The van der Waals surface area contributed by atoms with Gasteiger partial charge in [-0.15, -0.1) is 0 Å². The summed E-state index contributed by atoms with van der Waals surface area (Å²) < 4.78 is 18.6. The van der Waals surface area contributed by atoms with Crippen LogP contribution in [-0.2, 0) is 6.61 Å². The third kappa shape index (κ3) is 6.08. The molecule has 0 fully saturated rings. The molecule has 0 heterocycles. The largest absolute Gasteiger partial charge is 0.490 e. The number of hydrogen-bond donors (Lipinski definition) is 1. The summed E-state index contributed by atoms with van der Waals surface area (Å²) in [5.74, 6) is 2.14. The minimum absolute atomic E-state index is 0.266. The molecular formula is C28H24INO4. The number of carbonyl (C=O) groups is 1. The van der Waals surface area contributed by atoms with Gasteiger partial charge in [0.1, 0.15) is 12.4 Å². The molecule has 0 aliphatic heterocycles. The van der Waals surface area contributed by atoms with Gasteiger partial charge in [-0.1, -0.05) is 60.7 Å². The van der Waals surface area contributed by atoms with Crippen LogP contribution in [0.2, 0.25) is 0 Å². The summed E-state index contributed by atoms with van der Waals surface area (Å²) in [4.78, 5) is 13.2. The lowest BCUT2D eigenvalue weighted by Gasteiger charge is -2.16. The highest BCUT2D eigenvalue weighted by molar-refractivity contribution is 14.1. The van der Waals surface area contributed by atoms with Crippen molar-refractivity contribution >= 4 is 34.2 Å². The number of amides is 1. The number of ether oxygens (including phenoxy) is 3. The Labute approximate surface area is 212 Å². The van der Waals surface area contributed by atoms with Crippen molar-refractivity contribution in [2.24, 2.45) is 0 Å². The first kappa shape index (κ1) is 23.6. The van der Waals surface area contributed by atoms with Gasteiger partial charge >= 0.3 is 0 Å². The molecule has 0 radical (unpaired) electrons. The van der Waals surface area contributed by atoms with Crippen molar-refractivity contribution in [3.05, 3.63) is 112 Å². The summed E-state index contributed by atoms with van der Waals surface area (Å²) in [6.45, 7) is 2.76. The van der Waals surface area contributed by atoms with E-state index in [0.29, 0.717) is 47.5 Å². The van der Waals surface area contributed by atoms with Gasteiger partial charge in [-0.2, -0.15) is 0 Å². The molecule has 6 heteroatoms. The van der Waals surface area contributed by atoms with Crippen LogP contribution < -0.4 is 19.5 Å². The number of nitrogens with one attached hydrogen (secondary N) is 1. The first-order chi connectivity index (χ1) is 16.6. The second-order valence-electron chi connectivity index (χ2n) is 7.36. The van der Waals surface area contributed by atoms with Gasteiger partial charge in [0.25, 0.3) is 5.91 Å². The zero-order chi connectivity index (χ0) is 23.8. The summed E-state index contributed by atoms with van der Waals surface area (Å²) in [7, 11) is 0. The van der Waals surface area contributed by atoms with E-state index >= 15 is 0 Å². The van der Waals surface area contributed by atoms with Crippen LogP contribution in [0.4, 0.5) is 5.69 Å². The lowest BCUT2D eigenvalue weighted by Crippen LogP contribution is -2.13. The van der Waals surface area contributed by atoms with Gasteiger partial charge in [0.05, 0.1) is 15.9 Å². The highest BCUT2D eigenvalue weighted by Gasteiger charge is 2.18. The first-order valence-corrected chi connectivity index (χ1v) is 12.0. The van der Waals surface area contributed by atoms with Gasteiger partial charge in [-0.25, -0.2) is 0 Å². The Morgan fingerprint density at radius 1 is 0.824 bits per heavy atom. The van der Waals surface area contributed by atoms with E-state index in [9.17, 15) is 4.79 Å². The van der Waals surface area contributed by atoms with E-state index in [1.54, 1.807) is 12.1 Å².